The fourth-order valence-corrected chi connectivity index (χ4v) is 3.08. The standard InChI is InChI=1S/C15H22BrN/c1-14(2,3)12-8-15(9-12,10-17)11-4-6-13(16)7-5-11/h4-7,12H,8-10,17H2,1-3H3. The summed E-state index contributed by atoms with van der Waals surface area (Å²) in [7, 11) is 0. The lowest BCUT2D eigenvalue weighted by Crippen LogP contribution is -2.50. The summed E-state index contributed by atoms with van der Waals surface area (Å²) in [5, 5.41) is 0. The van der Waals surface area contributed by atoms with Crippen LogP contribution >= 0.6 is 15.9 Å². The second kappa shape index (κ2) is 4.40. The summed E-state index contributed by atoms with van der Waals surface area (Å²) in [5.74, 6) is 0.801. The van der Waals surface area contributed by atoms with Gasteiger partial charge in [0, 0.05) is 16.4 Å². The van der Waals surface area contributed by atoms with Crippen molar-refractivity contribution in [3.8, 4) is 0 Å². The smallest absolute Gasteiger partial charge is 0.0175 e. The van der Waals surface area contributed by atoms with Gasteiger partial charge in [-0.1, -0.05) is 48.8 Å². The molecule has 0 aliphatic heterocycles. The molecule has 94 valence electrons. The largest absolute Gasteiger partial charge is 0.330 e. The normalized spacial score (nSPS) is 28.9. The van der Waals surface area contributed by atoms with E-state index in [1.807, 2.05) is 0 Å². The Bertz CT molecular complexity index is 382. The molecule has 2 heteroatoms. The Morgan fingerprint density at radius 2 is 1.76 bits per heavy atom. The van der Waals surface area contributed by atoms with Gasteiger partial charge in [0.1, 0.15) is 0 Å². The van der Waals surface area contributed by atoms with Crippen LogP contribution in [-0.2, 0) is 5.41 Å². The molecular formula is C15H22BrN. The highest BCUT2D eigenvalue weighted by atomic mass is 79.9. The summed E-state index contributed by atoms with van der Waals surface area (Å²) in [4.78, 5) is 0. The second-order valence-electron chi connectivity index (χ2n) is 6.46. The van der Waals surface area contributed by atoms with Crippen LogP contribution in [0.1, 0.15) is 39.2 Å². The van der Waals surface area contributed by atoms with Crippen LogP contribution in [-0.4, -0.2) is 6.54 Å². The molecule has 0 heterocycles. The van der Waals surface area contributed by atoms with Gasteiger partial charge < -0.3 is 5.73 Å². The lowest BCUT2D eigenvalue weighted by Gasteiger charge is -2.53. The molecule has 0 atom stereocenters. The Morgan fingerprint density at radius 1 is 1.24 bits per heavy atom. The molecule has 0 saturated heterocycles. The van der Waals surface area contributed by atoms with Crippen molar-refractivity contribution in [2.45, 2.75) is 39.0 Å². The van der Waals surface area contributed by atoms with E-state index in [1.54, 1.807) is 0 Å². The number of rotatable bonds is 2. The zero-order chi connectivity index (χ0) is 12.7. The van der Waals surface area contributed by atoms with Crippen LogP contribution in [0.2, 0.25) is 0 Å². The van der Waals surface area contributed by atoms with Crippen LogP contribution in [0.5, 0.6) is 0 Å². The lowest BCUT2D eigenvalue weighted by atomic mass is 9.52. The van der Waals surface area contributed by atoms with Crippen molar-refractivity contribution in [3.63, 3.8) is 0 Å². The van der Waals surface area contributed by atoms with Gasteiger partial charge in [0.2, 0.25) is 0 Å². The minimum Gasteiger partial charge on any atom is -0.330 e. The third-order valence-electron chi connectivity index (χ3n) is 4.35. The number of hydrogen-bond acceptors (Lipinski definition) is 1. The fraction of sp³-hybridized carbons (Fsp3) is 0.600. The monoisotopic (exact) mass is 295 g/mol. The lowest BCUT2D eigenvalue weighted by molar-refractivity contribution is 0.0504. The molecule has 0 bridgehead atoms. The molecule has 0 aromatic heterocycles. The molecule has 1 aromatic rings. The average molecular weight is 296 g/mol. The fourth-order valence-electron chi connectivity index (χ4n) is 2.82. The molecular weight excluding hydrogens is 274 g/mol. The second-order valence-corrected chi connectivity index (χ2v) is 7.38. The molecule has 2 N–H and O–H groups in total. The van der Waals surface area contributed by atoms with Gasteiger partial charge in [-0.05, 0) is 41.9 Å². The summed E-state index contributed by atoms with van der Waals surface area (Å²) >= 11 is 3.49. The van der Waals surface area contributed by atoms with Gasteiger partial charge in [-0.3, -0.25) is 0 Å². The van der Waals surface area contributed by atoms with Crippen molar-refractivity contribution < 1.29 is 0 Å². The van der Waals surface area contributed by atoms with E-state index in [0.717, 1.165) is 16.9 Å². The van der Waals surface area contributed by atoms with Crippen LogP contribution in [0.15, 0.2) is 28.7 Å². The quantitative estimate of drug-likeness (QED) is 0.873. The van der Waals surface area contributed by atoms with Gasteiger partial charge >= 0.3 is 0 Å². The minimum atomic E-state index is 0.235. The van der Waals surface area contributed by atoms with Crippen molar-refractivity contribution in [1.82, 2.24) is 0 Å². The van der Waals surface area contributed by atoms with E-state index in [4.69, 9.17) is 5.73 Å². The maximum atomic E-state index is 6.03. The van der Waals surface area contributed by atoms with E-state index in [9.17, 15) is 0 Å². The molecule has 1 aliphatic carbocycles. The van der Waals surface area contributed by atoms with Crippen LogP contribution in [0, 0.1) is 11.3 Å². The van der Waals surface area contributed by atoms with Crippen molar-refractivity contribution in [2.75, 3.05) is 6.54 Å². The average Bonchev–Trinajstić information content (AvgIpc) is 2.18. The topological polar surface area (TPSA) is 26.0 Å². The molecule has 1 aromatic carbocycles. The zero-order valence-electron chi connectivity index (χ0n) is 11.0. The van der Waals surface area contributed by atoms with Crippen LogP contribution in [0.25, 0.3) is 0 Å². The van der Waals surface area contributed by atoms with E-state index in [-0.39, 0.29) is 5.41 Å². The molecule has 0 spiro atoms. The highest BCUT2D eigenvalue weighted by Gasteiger charge is 2.48. The van der Waals surface area contributed by atoms with Gasteiger partial charge in [0.05, 0.1) is 0 Å². The third-order valence-corrected chi connectivity index (χ3v) is 4.88. The summed E-state index contributed by atoms with van der Waals surface area (Å²) in [5.41, 5.74) is 8.08. The Balaban J connectivity index is 2.17. The first-order chi connectivity index (χ1) is 7.87. The number of hydrogen-bond donors (Lipinski definition) is 1. The SMILES string of the molecule is CC(C)(C)C1CC(CN)(c2ccc(Br)cc2)C1. The highest BCUT2D eigenvalue weighted by Crippen LogP contribution is 2.53. The Kier molecular flexibility index (Phi) is 3.39. The number of nitrogens with two attached hydrogens (primary N) is 1. The van der Waals surface area contributed by atoms with Gasteiger partial charge in [-0.2, -0.15) is 0 Å². The summed E-state index contributed by atoms with van der Waals surface area (Å²) in [6.07, 6.45) is 2.46. The molecule has 1 fully saturated rings. The van der Waals surface area contributed by atoms with E-state index in [0.29, 0.717) is 5.41 Å². The molecule has 17 heavy (non-hydrogen) atoms. The summed E-state index contributed by atoms with van der Waals surface area (Å²) in [6.45, 7) is 7.76. The highest BCUT2D eigenvalue weighted by molar-refractivity contribution is 9.10. The van der Waals surface area contributed by atoms with Crippen molar-refractivity contribution in [1.29, 1.82) is 0 Å². The summed E-state index contributed by atoms with van der Waals surface area (Å²) in [6, 6.07) is 8.68. The van der Waals surface area contributed by atoms with Crippen molar-refractivity contribution in [2.24, 2.45) is 17.1 Å². The Morgan fingerprint density at radius 3 is 2.18 bits per heavy atom. The third kappa shape index (κ3) is 2.43. The zero-order valence-corrected chi connectivity index (χ0v) is 12.5. The van der Waals surface area contributed by atoms with Crippen molar-refractivity contribution >= 4 is 15.9 Å². The van der Waals surface area contributed by atoms with Gasteiger partial charge in [0.15, 0.2) is 0 Å². The Labute approximate surface area is 113 Å². The van der Waals surface area contributed by atoms with E-state index >= 15 is 0 Å². The maximum Gasteiger partial charge on any atom is 0.0175 e. The maximum absolute atomic E-state index is 6.03. The first kappa shape index (κ1) is 13.1. The van der Waals surface area contributed by atoms with Crippen LogP contribution in [0.3, 0.4) is 0 Å². The Hall–Kier alpha value is -0.340. The number of benzene rings is 1. The molecule has 0 amide bonds. The molecule has 0 unspecified atom stereocenters. The predicted molar refractivity (Wildman–Crippen MR) is 77.1 cm³/mol. The van der Waals surface area contributed by atoms with E-state index in [2.05, 4.69) is 61.0 Å². The molecule has 1 nitrogen and oxygen atoms in total. The van der Waals surface area contributed by atoms with Gasteiger partial charge in [-0.25, -0.2) is 0 Å². The first-order valence-electron chi connectivity index (χ1n) is 6.33. The van der Waals surface area contributed by atoms with E-state index in [1.165, 1.54) is 18.4 Å². The minimum absolute atomic E-state index is 0.235. The first-order valence-corrected chi connectivity index (χ1v) is 7.13. The van der Waals surface area contributed by atoms with Gasteiger partial charge in [-0.15, -0.1) is 0 Å². The summed E-state index contributed by atoms with van der Waals surface area (Å²) < 4.78 is 1.14. The number of halogens is 1. The molecule has 2 rings (SSSR count). The van der Waals surface area contributed by atoms with Gasteiger partial charge in [0.25, 0.3) is 0 Å². The molecule has 1 saturated carbocycles. The van der Waals surface area contributed by atoms with Crippen LogP contribution < -0.4 is 5.73 Å². The van der Waals surface area contributed by atoms with E-state index < -0.39 is 0 Å². The van der Waals surface area contributed by atoms with Crippen molar-refractivity contribution in [3.05, 3.63) is 34.3 Å². The predicted octanol–water partition coefficient (Wildman–Crippen LogP) is 4.10. The molecule has 0 radical (unpaired) electrons. The molecule has 1 aliphatic rings. The van der Waals surface area contributed by atoms with Crippen LogP contribution in [0.4, 0.5) is 0 Å².